The van der Waals surface area contributed by atoms with Gasteiger partial charge in [0.05, 0.1) is 5.69 Å². The van der Waals surface area contributed by atoms with E-state index in [4.69, 9.17) is 11.3 Å². The number of nitrogens with two attached hydrogens (primary N) is 1. The Morgan fingerprint density at radius 3 is 2.44 bits per heavy atom. The van der Waals surface area contributed by atoms with Crippen LogP contribution in [0.5, 0.6) is 0 Å². The molecule has 2 N–H and O–H groups in total. The summed E-state index contributed by atoms with van der Waals surface area (Å²) in [4.78, 5) is 2.75. The molecule has 78 valence electrons. The van der Waals surface area contributed by atoms with Crippen LogP contribution in [0.25, 0.3) is 21.6 Å². The summed E-state index contributed by atoms with van der Waals surface area (Å²) in [6, 6.07) is 15.3. The second kappa shape index (κ2) is 4.38. The number of anilines is 1. The van der Waals surface area contributed by atoms with Gasteiger partial charge < -0.3 is 5.73 Å². The van der Waals surface area contributed by atoms with Crippen LogP contribution in [0, 0.1) is 0 Å². The van der Waals surface area contributed by atoms with Crippen LogP contribution in [0.15, 0.2) is 53.6 Å². The number of rotatable bonds is 2. The molecule has 2 aromatic carbocycles. The highest BCUT2D eigenvalue weighted by atomic mass is 15.1. The summed E-state index contributed by atoms with van der Waals surface area (Å²) in [6.07, 6.45) is 0. The van der Waals surface area contributed by atoms with Gasteiger partial charge in [-0.15, -0.1) is 0 Å². The zero-order chi connectivity index (χ0) is 11.4. The second-order valence-electron chi connectivity index (χ2n) is 3.33. The average Bonchev–Trinajstić information content (AvgIpc) is 2.33. The molecular formula is C12H10N4. The van der Waals surface area contributed by atoms with E-state index in [2.05, 4.69) is 10.0 Å². The van der Waals surface area contributed by atoms with Crippen LogP contribution < -0.4 is 5.73 Å². The Labute approximate surface area is 93.0 Å². The Morgan fingerprint density at radius 1 is 1.00 bits per heavy atom. The number of hydrogen-bond acceptors (Lipinski definition) is 2. The van der Waals surface area contributed by atoms with Crippen LogP contribution in [0.1, 0.15) is 0 Å². The van der Waals surface area contributed by atoms with E-state index in [-0.39, 0.29) is 0 Å². The fourth-order valence-corrected chi connectivity index (χ4v) is 1.49. The average molecular weight is 210 g/mol. The molecule has 0 saturated carbocycles. The molecular weight excluding hydrogens is 200 g/mol. The molecule has 0 radical (unpaired) electrons. The lowest BCUT2D eigenvalue weighted by Gasteiger charge is -2.04. The van der Waals surface area contributed by atoms with E-state index in [1.54, 1.807) is 12.1 Å². The van der Waals surface area contributed by atoms with Crippen molar-refractivity contribution in [1.29, 1.82) is 0 Å². The van der Waals surface area contributed by atoms with Crippen LogP contribution >= 0.6 is 0 Å². The SMILES string of the molecule is [N-]=[N+]=Nc1cc(-c2ccccc2)ccc1N. The molecule has 0 heterocycles. The van der Waals surface area contributed by atoms with Gasteiger partial charge in [0.2, 0.25) is 0 Å². The van der Waals surface area contributed by atoms with Gasteiger partial charge in [0.25, 0.3) is 0 Å². The summed E-state index contributed by atoms with van der Waals surface area (Å²) in [6.45, 7) is 0. The molecule has 2 rings (SSSR count). The number of nitrogens with zero attached hydrogens (tertiary/aromatic N) is 3. The summed E-state index contributed by atoms with van der Waals surface area (Å²) < 4.78 is 0. The molecule has 4 heteroatoms. The van der Waals surface area contributed by atoms with Crippen molar-refractivity contribution >= 4 is 11.4 Å². The molecule has 0 saturated heterocycles. The maximum Gasteiger partial charge on any atom is 0.0611 e. The van der Waals surface area contributed by atoms with Gasteiger partial charge in [-0.25, -0.2) is 0 Å². The van der Waals surface area contributed by atoms with Crippen molar-refractivity contribution < 1.29 is 0 Å². The Hall–Kier alpha value is -2.45. The van der Waals surface area contributed by atoms with Crippen molar-refractivity contribution in [2.45, 2.75) is 0 Å². The third-order valence-corrected chi connectivity index (χ3v) is 2.29. The van der Waals surface area contributed by atoms with Crippen molar-refractivity contribution in [3.63, 3.8) is 0 Å². The predicted molar refractivity (Wildman–Crippen MR) is 65.1 cm³/mol. The van der Waals surface area contributed by atoms with Crippen molar-refractivity contribution in [3.05, 3.63) is 59.0 Å². The van der Waals surface area contributed by atoms with E-state index >= 15 is 0 Å². The number of benzene rings is 2. The first-order chi connectivity index (χ1) is 7.81. The van der Waals surface area contributed by atoms with Crippen LogP contribution in [0.4, 0.5) is 11.4 Å². The molecule has 0 amide bonds. The highest BCUT2D eigenvalue weighted by Crippen LogP contribution is 2.29. The summed E-state index contributed by atoms with van der Waals surface area (Å²) in [5.41, 5.74) is 17.1. The van der Waals surface area contributed by atoms with Crippen LogP contribution in [-0.4, -0.2) is 0 Å². The van der Waals surface area contributed by atoms with Gasteiger partial charge in [-0.2, -0.15) is 0 Å². The lowest BCUT2D eigenvalue weighted by molar-refractivity contribution is 1.47. The number of azide groups is 1. The minimum atomic E-state index is 0.462. The van der Waals surface area contributed by atoms with Gasteiger partial charge >= 0.3 is 0 Å². The first-order valence-corrected chi connectivity index (χ1v) is 4.81. The number of hydrogen-bond donors (Lipinski definition) is 1. The molecule has 0 spiro atoms. The third kappa shape index (κ3) is 1.97. The fraction of sp³-hybridized carbons (Fsp3) is 0. The molecule has 4 nitrogen and oxygen atoms in total. The number of nitrogen functional groups attached to an aromatic ring is 1. The van der Waals surface area contributed by atoms with Crippen LogP contribution in [0.3, 0.4) is 0 Å². The summed E-state index contributed by atoms with van der Waals surface area (Å²) in [7, 11) is 0. The van der Waals surface area contributed by atoms with Gasteiger partial charge in [0.15, 0.2) is 0 Å². The van der Waals surface area contributed by atoms with Crippen molar-refractivity contribution in [1.82, 2.24) is 0 Å². The van der Waals surface area contributed by atoms with E-state index < -0.39 is 0 Å². The molecule has 0 aliphatic heterocycles. The lowest BCUT2D eigenvalue weighted by atomic mass is 10.0. The highest BCUT2D eigenvalue weighted by Gasteiger charge is 2.00. The summed E-state index contributed by atoms with van der Waals surface area (Å²) in [5.74, 6) is 0. The fourth-order valence-electron chi connectivity index (χ4n) is 1.49. The molecule has 0 aliphatic rings. The van der Waals surface area contributed by atoms with E-state index in [0.717, 1.165) is 11.1 Å². The first-order valence-electron chi connectivity index (χ1n) is 4.81. The zero-order valence-electron chi connectivity index (χ0n) is 8.54. The van der Waals surface area contributed by atoms with Gasteiger partial charge in [-0.3, -0.25) is 0 Å². The molecule has 0 bridgehead atoms. The topological polar surface area (TPSA) is 74.8 Å². The largest absolute Gasteiger partial charge is 0.398 e. The highest BCUT2D eigenvalue weighted by molar-refractivity contribution is 5.74. The predicted octanol–water partition coefficient (Wildman–Crippen LogP) is 3.88. The monoisotopic (exact) mass is 210 g/mol. The van der Waals surface area contributed by atoms with Gasteiger partial charge in [-0.05, 0) is 28.8 Å². The third-order valence-electron chi connectivity index (χ3n) is 2.29. The first kappa shape index (κ1) is 10.1. The quantitative estimate of drug-likeness (QED) is 0.347. The van der Waals surface area contributed by atoms with E-state index in [0.29, 0.717) is 11.4 Å². The standard InChI is InChI=1S/C12H10N4/c13-11-7-6-10(8-12(11)15-16-14)9-4-2-1-3-5-9/h1-8H,13H2. The van der Waals surface area contributed by atoms with E-state index in [1.807, 2.05) is 36.4 Å². The van der Waals surface area contributed by atoms with E-state index in [1.165, 1.54) is 0 Å². The molecule has 2 aromatic rings. The Morgan fingerprint density at radius 2 is 1.75 bits per heavy atom. The molecule has 0 aliphatic carbocycles. The molecule has 0 atom stereocenters. The van der Waals surface area contributed by atoms with E-state index in [9.17, 15) is 0 Å². The van der Waals surface area contributed by atoms with Crippen molar-refractivity contribution in [2.24, 2.45) is 5.11 Å². The minimum absolute atomic E-state index is 0.462. The van der Waals surface area contributed by atoms with Gasteiger partial charge in [0, 0.05) is 10.6 Å². The maximum absolute atomic E-state index is 8.41. The van der Waals surface area contributed by atoms with Gasteiger partial charge in [0.1, 0.15) is 0 Å². The van der Waals surface area contributed by atoms with Gasteiger partial charge in [-0.1, -0.05) is 41.5 Å². The van der Waals surface area contributed by atoms with Crippen LogP contribution in [0.2, 0.25) is 0 Å². The zero-order valence-corrected chi connectivity index (χ0v) is 8.54. The lowest BCUT2D eigenvalue weighted by Crippen LogP contribution is -1.85. The Kier molecular flexibility index (Phi) is 2.76. The normalized spacial score (nSPS) is 9.50. The summed E-state index contributed by atoms with van der Waals surface area (Å²) in [5, 5.41) is 3.55. The molecule has 0 fully saturated rings. The smallest absolute Gasteiger partial charge is 0.0611 e. The Bertz CT molecular complexity index is 542. The minimum Gasteiger partial charge on any atom is -0.398 e. The molecule has 0 unspecified atom stereocenters. The summed E-state index contributed by atoms with van der Waals surface area (Å²) >= 11 is 0. The molecule has 0 aromatic heterocycles. The van der Waals surface area contributed by atoms with Crippen LogP contribution in [-0.2, 0) is 0 Å². The molecule has 16 heavy (non-hydrogen) atoms. The maximum atomic E-state index is 8.41. The Balaban J connectivity index is 2.52. The van der Waals surface area contributed by atoms with Crippen molar-refractivity contribution in [3.8, 4) is 11.1 Å². The second-order valence-corrected chi connectivity index (χ2v) is 3.33. The van der Waals surface area contributed by atoms with Crippen molar-refractivity contribution in [2.75, 3.05) is 5.73 Å².